The number of carbonyl (C=O) groups excluding carboxylic acids is 1. The summed E-state index contributed by atoms with van der Waals surface area (Å²) in [5, 5.41) is 2.90. The van der Waals surface area contributed by atoms with E-state index in [4.69, 9.17) is 9.15 Å². The molecule has 28 heavy (non-hydrogen) atoms. The lowest BCUT2D eigenvalue weighted by molar-refractivity contribution is 0.0957. The Balaban J connectivity index is 1.73. The number of aryl methyl sites for hydroxylation is 1. The molecule has 0 aliphatic heterocycles. The van der Waals surface area contributed by atoms with E-state index in [0.717, 1.165) is 0 Å². The first-order valence-corrected chi connectivity index (χ1v) is 8.50. The molecule has 9 heteroatoms. The summed E-state index contributed by atoms with van der Waals surface area (Å²) in [4.78, 5) is 35.2. The molecule has 0 aliphatic carbocycles. The molecule has 9 nitrogen and oxygen atoms in total. The minimum Gasteiger partial charge on any atom is -0.497 e. The standard InChI is InChI=1S/C19H17N5O4/c1-12-10-17(25)24-19(20-12)21-16(22-24)11-23(18(26)15-4-3-9-28-15)13-5-7-14(27-2)8-6-13/h3-10H,11H2,1-2H3,(H,20,21,22). The zero-order valence-electron chi connectivity index (χ0n) is 15.2. The Labute approximate surface area is 159 Å². The van der Waals surface area contributed by atoms with Gasteiger partial charge in [-0.1, -0.05) is 0 Å². The first kappa shape index (κ1) is 17.5. The highest BCUT2D eigenvalue weighted by Gasteiger charge is 2.22. The summed E-state index contributed by atoms with van der Waals surface area (Å²) in [7, 11) is 1.57. The van der Waals surface area contributed by atoms with E-state index in [1.165, 1.54) is 21.7 Å². The van der Waals surface area contributed by atoms with Crippen molar-refractivity contribution in [3.8, 4) is 5.75 Å². The molecular weight excluding hydrogens is 362 g/mol. The predicted octanol–water partition coefficient (Wildman–Crippen LogP) is 2.17. The highest BCUT2D eigenvalue weighted by molar-refractivity contribution is 6.04. The van der Waals surface area contributed by atoms with Gasteiger partial charge >= 0.3 is 0 Å². The number of nitrogens with one attached hydrogen (secondary N) is 1. The number of amides is 1. The minimum atomic E-state index is -0.341. The van der Waals surface area contributed by atoms with Crippen LogP contribution in [0.15, 0.2) is 57.9 Å². The van der Waals surface area contributed by atoms with Crippen molar-refractivity contribution >= 4 is 17.4 Å². The van der Waals surface area contributed by atoms with Gasteiger partial charge in [-0.3, -0.25) is 19.6 Å². The van der Waals surface area contributed by atoms with Crippen molar-refractivity contribution in [2.24, 2.45) is 0 Å². The molecule has 0 saturated carbocycles. The van der Waals surface area contributed by atoms with Gasteiger partial charge in [-0.15, -0.1) is 0 Å². The van der Waals surface area contributed by atoms with E-state index in [-0.39, 0.29) is 29.5 Å². The number of furan rings is 1. The van der Waals surface area contributed by atoms with Gasteiger partial charge in [0.25, 0.3) is 17.2 Å². The van der Waals surface area contributed by atoms with Gasteiger partial charge < -0.3 is 9.15 Å². The zero-order valence-corrected chi connectivity index (χ0v) is 15.2. The van der Waals surface area contributed by atoms with E-state index in [9.17, 15) is 9.59 Å². The fourth-order valence-electron chi connectivity index (χ4n) is 2.83. The Kier molecular flexibility index (Phi) is 4.40. The van der Waals surface area contributed by atoms with Crippen molar-refractivity contribution in [2.45, 2.75) is 13.5 Å². The van der Waals surface area contributed by atoms with Gasteiger partial charge in [0.1, 0.15) is 11.6 Å². The van der Waals surface area contributed by atoms with E-state index in [1.54, 1.807) is 50.4 Å². The summed E-state index contributed by atoms with van der Waals surface area (Å²) >= 11 is 0. The molecule has 4 aromatic rings. The van der Waals surface area contributed by atoms with Crippen molar-refractivity contribution < 1.29 is 13.9 Å². The van der Waals surface area contributed by atoms with Crippen LogP contribution in [0, 0.1) is 6.92 Å². The van der Waals surface area contributed by atoms with Crippen LogP contribution >= 0.6 is 0 Å². The number of aromatic amines is 1. The Bertz CT molecular complexity index is 1180. The maximum Gasteiger partial charge on any atom is 0.294 e. The molecule has 3 aromatic heterocycles. The van der Waals surface area contributed by atoms with Gasteiger partial charge in [0.15, 0.2) is 5.76 Å². The molecule has 0 bridgehead atoms. The van der Waals surface area contributed by atoms with Crippen LogP contribution in [0.2, 0.25) is 0 Å². The molecule has 0 radical (unpaired) electrons. The molecule has 0 unspecified atom stereocenters. The fourth-order valence-corrected chi connectivity index (χ4v) is 2.83. The van der Waals surface area contributed by atoms with Gasteiger partial charge in [0.05, 0.1) is 19.9 Å². The Hall–Kier alpha value is -3.88. The molecule has 0 aliphatic rings. The van der Waals surface area contributed by atoms with Gasteiger partial charge in [0.2, 0.25) is 0 Å². The number of hydrogen-bond donors (Lipinski definition) is 1. The van der Waals surface area contributed by atoms with Crippen LogP contribution in [-0.4, -0.2) is 32.6 Å². The number of fused-ring (bicyclic) bond motifs is 1. The van der Waals surface area contributed by atoms with Gasteiger partial charge in [-0.25, -0.2) is 4.98 Å². The third-order valence-electron chi connectivity index (χ3n) is 4.17. The molecule has 142 valence electrons. The van der Waals surface area contributed by atoms with Crippen molar-refractivity contribution in [1.82, 2.24) is 19.6 Å². The number of nitrogens with zero attached hydrogens (tertiary/aromatic N) is 4. The first-order chi connectivity index (χ1) is 13.5. The summed E-state index contributed by atoms with van der Waals surface area (Å²) in [5.41, 5.74) is 0.926. The lowest BCUT2D eigenvalue weighted by atomic mass is 10.2. The molecule has 1 N–H and O–H groups in total. The number of carbonyl (C=O) groups is 1. The summed E-state index contributed by atoms with van der Waals surface area (Å²) in [6.07, 6.45) is 1.44. The van der Waals surface area contributed by atoms with Gasteiger partial charge in [-0.2, -0.15) is 9.50 Å². The summed E-state index contributed by atoms with van der Waals surface area (Å²) in [6, 6.07) is 11.7. The number of ether oxygens (including phenoxy) is 1. The molecule has 0 atom stereocenters. The molecule has 1 amide bonds. The second-order valence-corrected chi connectivity index (χ2v) is 6.11. The van der Waals surface area contributed by atoms with Gasteiger partial charge in [0, 0.05) is 17.4 Å². The molecule has 3 heterocycles. The van der Waals surface area contributed by atoms with E-state index >= 15 is 0 Å². The normalized spacial score (nSPS) is 10.9. The Morgan fingerprint density at radius 2 is 2.04 bits per heavy atom. The average Bonchev–Trinajstić information content (AvgIpc) is 3.35. The average molecular weight is 379 g/mol. The van der Waals surface area contributed by atoms with Crippen LogP contribution in [0.1, 0.15) is 22.1 Å². The second-order valence-electron chi connectivity index (χ2n) is 6.11. The van der Waals surface area contributed by atoms with E-state index in [1.807, 2.05) is 0 Å². The number of aromatic nitrogens is 4. The second kappa shape index (κ2) is 7.03. The number of anilines is 1. The van der Waals surface area contributed by atoms with Crippen LogP contribution in [0.25, 0.3) is 5.78 Å². The highest BCUT2D eigenvalue weighted by Crippen LogP contribution is 2.23. The van der Waals surface area contributed by atoms with Crippen LogP contribution in [-0.2, 0) is 6.54 Å². The van der Waals surface area contributed by atoms with Crippen molar-refractivity contribution in [3.63, 3.8) is 0 Å². The number of H-pyrrole nitrogens is 1. The smallest absolute Gasteiger partial charge is 0.294 e. The summed E-state index contributed by atoms with van der Waals surface area (Å²) in [6.45, 7) is 1.81. The maximum atomic E-state index is 13.0. The lowest BCUT2D eigenvalue weighted by Crippen LogP contribution is -2.30. The number of methoxy groups -OCH3 is 1. The van der Waals surface area contributed by atoms with Crippen LogP contribution in [0.5, 0.6) is 5.75 Å². The number of rotatable bonds is 5. The third kappa shape index (κ3) is 3.25. The monoisotopic (exact) mass is 379 g/mol. The van der Waals surface area contributed by atoms with E-state index in [2.05, 4.69) is 15.1 Å². The van der Waals surface area contributed by atoms with Crippen molar-refractivity contribution in [1.29, 1.82) is 0 Å². The quantitative estimate of drug-likeness (QED) is 0.570. The molecular formula is C19H17N5O4. The fraction of sp³-hybridized carbons (Fsp3) is 0.158. The zero-order chi connectivity index (χ0) is 19.7. The predicted molar refractivity (Wildman–Crippen MR) is 101 cm³/mol. The van der Waals surface area contributed by atoms with E-state index in [0.29, 0.717) is 23.0 Å². The molecule has 1 aromatic carbocycles. The topological polar surface area (TPSA) is 106 Å². The van der Waals surface area contributed by atoms with Crippen molar-refractivity contribution in [2.75, 3.05) is 12.0 Å². The SMILES string of the molecule is COc1ccc(N(Cc2nc3nc(C)cc(=O)n3[nH]2)C(=O)c2ccco2)cc1. The molecule has 4 rings (SSSR count). The highest BCUT2D eigenvalue weighted by atomic mass is 16.5. The Morgan fingerprint density at radius 3 is 2.71 bits per heavy atom. The molecule has 0 saturated heterocycles. The van der Waals surface area contributed by atoms with Crippen LogP contribution < -0.4 is 15.2 Å². The largest absolute Gasteiger partial charge is 0.497 e. The minimum absolute atomic E-state index is 0.0910. The first-order valence-electron chi connectivity index (χ1n) is 8.50. The summed E-state index contributed by atoms with van der Waals surface area (Å²) in [5.74, 6) is 1.18. The summed E-state index contributed by atoms with van der Waals surface area (Å²) < 4.78 is 11.7. The van der Waals surface area contributed by atoms with Crippen LogP contribution in [0.3, 0.4) is 0 Å². The maximum absolute atomic E-state index is 13.0. The van der Waals surface area contributed by atoms with Crippen molar-refractivity contribution in [3.05, 3.63) is 76.4 Å². The third-order valence-corrected chi connectivity index (χ3v) is 4.17. The number of benzene rings is 1. The Morgan fingerprint density at radius 1 is 1.25 bits per heavy atom. The van der Waals surface area contributed by atoms with Crippen LogP contribution in [0.4, 0.5) is 5.69 Å². The number of hydrogen-bond acceptors (Lipinski definition) is 6. The van der Waals surface area contributed by atoms with Gasteiger partial charge in [-0.05, 0) is 43.3 Å². The lowest BCUT2D eigenvalue weighted by Gasteiger charge is -2.20. The molecule has 0 spiro atoms. The van der Waals surface area contributed by atoms with E-state index < -0.39 is 0 Å². The molecule has 0 fully saturated rings.